The zero-order valence-corrected chi connectivity index (χ0v) is 19.8. The van der Waals surface area contributed by atoms with Crippen molar-refractivity contribution < 1.29 is 9.53 Å². The van der Waals surface area contributed by atoms with Gasteiger partial charge in [-0.2, -0.15) is 10.5 Å². The number of methoxy groups -OCH3 is 1. The maximum Gasteiger partial charge on any atom is 0.310 e. The number of nitrogens with zero attached hydrogens (tertiary/aromatic N) is 3. The molecule has 2 atom stereocenters. The van der Waals surface area contributed by atoms with Gasteiger partial charge in [-0.3, -0.25) is 4.79 Å². The van der Waals surface area contributed by atoms with Crippen LogP contribution in [0, 0.1) is 28.6 Å². The highest BCUT2D eigenvalue weighted by atomic mass is 32.2. The van der Waals surface area contributed by atoms with Gasteiger partial charge in [0.05, 0.1) is 30.2 Å². The van der Waals surface area contributed by atoms with E-state index in [1.807, 2.05) is 54.6 Å². The molecule has 0 N–H and O–H groups in total. The van der Waals surface area contributed by atoms with E-state index in [0.717, 1.165) is 34.9 Å². The predicted molar refractivity (Wildman–Crippen MR) is 131 cm³/mol. The van der Waals surface area contributed by atoms with E-state index in [0.29, 0.717) is 17.7 Å². The predicted octanol–water partition coefficient (Wildman–Crippen LogP) is 5.01. The van der Waals surface area contributed by atoms with Crippen LogP contribution in [0.2, 0.25) is 0 Å². The van der Waals surface area contributed by atoms with Crippen molar-refractivity contribution in [2.45, 2.75) is 22.1 Å². The molecule has 6 heteroatoms. The fourth-order valence-electron chi connectivity index (χ4n) is 4.49. The Bertz CT molecular complexity index is 1260. The molecule has 0 saturated carbocycles. The third-order valence-corrected chi connectivity index (χ3v) is 7.43. The van der Waals surface area contributed by atoms with Crippen LogP contribution in [0.25, 0.3) is 0 Å². The first-order valence-electron chi connectivity index (χ1n) is 11.2. The van der Waals surface area contributed by atoms with Gasteiger partial charge in [0, 0.05) is 35.3 Å². The molecule has 3 aromatic carbocycles. The summed E-state index contributed by atoms with van der Waals surface area (Å²) in [4.78, 5) is 16.9. The van der Waals surface area contributed by atoms with Gasteiger partial charge in [0.2, 0.25) is 0 Å². The number of hydrogen-bond acceptors (Lipinski definition) is 6. The van der Waals surface area contributed by atoms with Gasteiger partial charge < -0.3 is 9.64 Å². The topological polar surface area (TPSA) is 77.1 Å². The molecule has 1 heterocycles. The van der Waals surface area contributed by atoms with Crippen LogP contribution in [-0.2, 0) is 16.0 Å². The van der Waals surface area contributed by atoms with Crippen LogP contribution >= 0.6 is 11.8 Å². The molecule has 0 aromatic heterocycles. The molecular formula is C28H25N3O2S. The lowest BCUT2D eigenvalue weighted by Gasteiger charge is -2.17. The molecule has 1 aliphatic rings. The number of carbonyl (C=O) groups excluding carboxylic acids is 1. The first kappa shape index (κ1) is 23.6. The fraction of sp³-hybridized carbons (Fsp3) is 0.250. The third-order valence-electron chi connectivity index (χ3n) is 6.24. The molecule has 0 unspecified atom stereocenters. The van der Waals surface area contributed by atoms with Crippen molar-refractivity contribution >= 4 is 17.7 Å². The molecule has 170 valence electrons. The number of rotatable bonds is 7. The molecule has 1 aliphatic heterocycles. The minimum atomic E-state index is -0.258. The molecule has 0 amide bonds. The smallest absolute Gasteiger partial charge is 0.310 e. The second-order valence-corrected chi connectivity index (χ2v) is 9.38. The van der Waals surface area contributed by atoms with Crippen LogP contribution in [0.5, 0.6) is 0 Å². The Morgan fingerprint density at radius 3 is 2.53 bits per heavy atom. The van der Waals surface area contributed by atoms with E-state index < -0.39 is 0 Å². The van der Waals surface area contributed by atoms with Gasteiger partial charge in [0.15, 0.2) is 0 Å². The van der Waals surface area contributed by atoms with E-state index in [-0.39, 0.29) is 17.8 Å². The first-order chi connectivity index (χ1) is 16.6. The molecule has 1 saturated heterocycles. The Morgan fingerprint density at radius 1 is 1.00 bits per heavy atom. The van der Waals surface area contributed by atoms with Crippen molar-refractivity contribution in [2.75, 3.05) is 26.7 Å². The standard InChI is InChI=1S/C28H25N3O2S/c1-33-28(32)25-19-31(18-24(25)22-10-6-7-20(15-22)16-29)14-13-21-8-2-4-11-26(21)34-27-12-5-3-9-23(27)17-30/h2-12,15,24-25H,13-14,18-19H2,1H3/t24-,25+/m0/s1. The minimum absolute atomic E-state index is 0.00660. The molecule has 0 spiro atoms. The lowest BCUT2D eigenvalue weighted by molar-refractivity contribution is -0.145. The number of hydrogen-bond donors (Lipinski definition) is 0. The molecule has 0 bridgehead atoms. The van der Waals surface area contributed by atoms with E-state index in [1.165, 1.54) is 12.7 Å². The normalized spacial score (nSPS) is 17.6. The van der Waals surface area contributed by atoms with E-state index in [9.17, 15) is 15.3 Å². The summed E-state index contributed by atoms with van der Waals surface area (Å²) in [6.45, 7) is 2.17. The third kappa shape index (κ3) is 5.31. The Kier molecular flexibility index (Phi) is 7.65. The second-order valence-electron chi connectivity index (χ2n) is 8.30. The van der Waals surface area contributed by atoms with Gasteiger partial charge in [-0.15, -0.1) is 0 Å². The van der Waals surface area contributed by atoms with E-state index in [1.54, 1.807) is 17.8 Å². The summed E-state index contributed by atoms with van der Waals surface area (Å²) in [6.07, 6.45) is 0.830. The fourth-order valence-corrected chi connectivity index (χ4v) is 5.54. The van der Waals surface area contributed by atoms with Gasteiger partial charge in [0.1, 0.15) is 6.07 Å². The molecule has 1 fully saturated rings. The zero-order chi connectivity index (χ0) is 23.9. The number of nitriles is 2. The van der Waals surface area contributed by atoms with Crippen LogP contribution in [0.4, 0.5) is 0 Å². The lowest BCUT2D eigenvalue weighted by Crippen LogP contribution is -2.26. The molecule has 0 aliphatic carbocycles. The summed E-state index contributed by atoms with van der Waals surface area (Å²) >= 11 is 1.61. The van der Waals surface area contributed by atoms with Gasteiger partial charge in [-0.25, -0.2) is 0 Å². The molecule has 5 nitrogen and oxygen atoms in total. The largest absolute Gasteiger partial charge is 0.469 e. The number of ether oxygens (including phenoxy) is 1. The average Bonchev–Trinajstić information content (AvgIpc) is 3.32. The minimum Gasteiger partial charge on any atom is -0.469 e. The molecule has 0 radical (unpaired) electrons. The van der Waals surface area contributed by atoms with Crippen molar-refractivity contribution in [1.29, 1.82) is 10.5 Å². The van der Waals surface area contributed by atoms with Gasteiger partial charge >= 0.3 is 5.97 Å². The molecule has 34 heavy (non-hydrogen) atoms. The Balaban J connectivity index is 1.49. The van der Waals surface area contributed by atoms with Crippen LogP contribution in [0.1, 0.15) is 28.2 Å². The number of likely N-dealkylation sites (tertiary alicyclic amines) is 1. The highest BCUT2D eigenvalue weighted by Gasteiger charge is 2.39. The van der Waals surface area contributed by atoms with Gasteiger partial charge in [0.25, 0.3) is 0 Å². The molecule has 4 rings (SSSR count). The van der Waals surface area contributed by atoms with Crippen molar-refractivity contribution in [3.05, 3.63) is 95.1 Å². The Hall–Kier alpha value is -3.58. The van der Waals surface area contributed by atoms with Gasteiger partial charge in [-0.1, -0.05) is 54.2 Å². The van der Waals surface area contributed by atoms with E-state index in [4.69, 9.17) is 4.74 Å². The van der Waals surface area contributed by atoms with Crippen molar-refractivity contribution in [3.63, 3.8) is 0 Å². The Labute approximate surface area is 204 Å². The van der Waals surface area contributed by atoms with Crippen LogP contribution in [0.3, 0.4) is 0 Å². The maximum atomic E-state index is 12.5. The summed E-state index contributed by atoms with van der Waals surface area (Å²) in [5.74, 6) is -0.474. The van der Waals surface area contributed by atoms with Crippen molar-refractivity contribution in [3.8, 4) is 12.1 Å². The summed E-state index contributed by atoms with van der Waals surface area (Å²) in [6, 6.07) is 27.9. The zero-order valence-electron chi connectivity index (χ0n) is 19.0. The van der Waals surface area contributed by atoms with Crippen LogP contribution < -0.4 is 0 Å². The highest BCUT2D eigenvalue weighted by Crippen LogP contribution is 2.35. The van der Waals surface area contributed by atoms with E-state index >= 15 is 0 Å². The maximum absolute atomic E-state index is 12.5. The quantitative estimate of drug-likeness (QED) is 0.455. The van der Waals surface area contributed by atoms with Crippen LogP contribution in [-0.4, -0.2) is 37.6 Å². The SMILES string of the molecule is COC(=O)[C@@H]1CN(CCc2ccccc2Sc2ccccc2C#N)C[C@H]1c1cccc(C#N)c1. The lowest BCUT2D eigenvalue weighted by atomic mass is 9.88. The average molecular weight is 468 g/mol. The monoisotopic (exact) mass is 467 g/mol. The number of benzene rings is 3. The van der Waals surface area contributed by atoms with Crippen molar-refractivity contribution in [1.82, 2.24) is 4.90 Å². The second kappa shape index (κ2) is 11.0. The summed E-state index contributed by atoms with van der Waals surface area (Å²) in [5, 5.41) is 18.7. The highest BCUT2D eigenvalue weighted by molar-refractivity contribution is 7.99. The number of esters is 1. The Morgan fingerprint density at radius 2 is 1.76 bits per heavy atom. The first-order valence-corrected chi connectivity index (χ1v) is 12.0. The number of carbonyl (C=O) groups is 1. The summed E-state index contributed by atoms with van der Waals surface area (Å²) in [7, 11) is 1.43. The molecular weight excluding hydrogens is 442 g/mol. The van der Waals surface area contributed by atoms with Crippen LogP contribution in [0.15, 0.2) is 82.6 Å². The molecule has 3 aromatic rings. The van der Waals surface area contributed by atoms with Gasteiger partial charge in [-0.05, 0) is 47.9 Å². The summed E-state index contributed by atoms with van der Waals surface area (Å²) in [5.41, 5.74) is 3.49. The van der Waals surface area contributed by atoms with E-state index in [2.05, 4.69) is 29.2 Å². The summed E-state index contributed by atoms with van der Waals surface area (Å²) < 4.78 is 5.10. The van der Waals surface area contributed by atoms with Crippen molar-refractivity contribution in [2.24, 2.45) is 5.92 Å².